The molecule has 0 aliphatic heterocycles. The first kappa shape index (κ1) is 22.1. The van der Waals surface area contributed by atoms with Crippen LogP contribution in [-0.4, -0.2) is 47.9 Å². The van der Waals surface area contributed by atoms with E-state index in [9.17, 15) is 14.4 Å². The Balaban J connectivity index is 1.64. The summed E-state index contributed by atoms with van der Waals surface area (Å²) < 4.78 is 5.32. The summed E-state index contributed by atoms with van der Waals surface area (Å²) in [6.07, 6.45) is 6.74. The topological polar surface area (TPSA) is 75.7 Å². The van der Waals surface area contributed by atoms with Gasteiger partial charge < -0.3 is 15.0 Å². The summed E-state index contributed by atoms with van der Waals surface area (Å²) in [5, 5.41) is 3.09. The van der Waals surface area contributed by atoms with Crippen molar-refractivity contribution in [2.24, 2.45) is 29.1 Å². The number of esters is 1. The van der Waals surface area contributed by atoms with E-state index in [4.69, 9.17) is 4.74 Å². The Morgan fingerprint density at radius 3 is 1.93 bits per heavy atom. The molecule has 0 aromatic heterocycles. The molecule has 2 amide bonds. The van der Waals surface area contributed by atoms with E-state index in [2.05, 4.69) is 5.32 Å². The lowest BCUT2D eigenvalue weighted by atomic mass is 9.49. The van der Waals surface area contributed by atoms with Gasteiger partial charge in [-0.3, -0.25) is 14.4 Å². The molecule has 0 radical (unpaired) electrons. The van der Waals surface area contributed by atoms with Crippen molar-refractivity contribution in [3.63, 3.8) is 0 Å². The van der Waals surface area contributed by atoms with Gasteiger partial charge in [0.15, 0.2) is 0 Å². The van der Waals surface area contributed by atoms with Crippen molar-refractivity contribution < 1.29 is 19.1 Å². The second-order valence-corrected chi connectivity index (χ2v) is 11.2. The van der Waals surface area contributed by atoms with Gasteiger partial charge in [0.25, 0.3) is 0 Å². The third-order valence-electron chi connectivity index (χ3n) is 6.90. The third-order valence-corrected chi connectivity index (χ3v) is 6.90. The number of carbonyl (C=O) groups excluding carboxylic acids is 3. The fourth-order valence-electron chi connectivity index (χ4n) is 6.08. The average Bonchev–Trinajstić information content (AvgIpc) is 2.55. The molecule has 0 aromatic carbocycles. The summed E-state index contributed by atoms with van der Waals surface area (Å²) in [5.41, 5.74) is -0.878. The SMILES string of the molecule is CC(C)[C@@H](NC(=O)C12CC3CC(CC(C3)C1)C2)C(=O)N(C)CC(=O)OC(C)(C)C. The van der Waals surface area contributed by atoms with E-state index >= 15 is 0 Å². The highest BCUT2D eigenvalue weighted by molar-refractivity contribution is 5.91. The summed E-state index contributed by atoms with van der Waals surface area (Å²) in [6, 6.07) is -0.622. The largest absolute Gasteiger partial charge is 0.459 e. The summed E-state index contributed by atoms with van der Waals surface area (Å²) in [4.78, 5) is 39.9. The zero-order valence-electron chi connectivity index (χ0n) is 18.9. The Kier molecular flexibility index (Phi) is 6.03. The number of nitrogens with one attached hydrogen (secondary N) is 1. The Morgan fingerprint density at radius 1 is 1.03 bits per heavy atom. The fraction of sp³-hybridized carbons (Fsp3) is 0.870. The lowest BCUT2D eigenvalue weighted by molar-refractivity contribution is -0.159. The number of ether oxygens (including phenoxy) is 1. The maximum atomic E-state index is 13.4. The quantitative estimate of drug-likeness (QED) is 0.688. The highest BCUT2D eigenvalue weighted by Gasteiger charge is 2.55. The van der Waals surface area contributed by atoms with Crippen LogP contribution in [0.5, 0.6) is 0 Å². The molecule has 1 N–H and O–H groups in total. The first-order valence-electron chi connectivity index (χ1n) is 11.2. The van der Waals surface area contributed by atoms with Gasteiger partial charge in [-0.25, -0.2) is 0 Å². The highest BCUT2D eigenvalue weighted by Crippen LogP contribution is 2.60. The first-order valence-corrected chi connectivity index (χ1v) is 11.2. The molecule has 6 heteroatoms. The van der Waals surface area contributed by atoms with Crippen LogP contribution >= 0.6 is 0 Å². The molecule has 4 rings (SSSR count). The Morgan fingerprint density at radius 2 is 1.52 bits per heavy atom. The van der Waals surface area contributed by atoms with Crippen molar-refractivity contribution >= 4 is 17.8 Å². The second-order valence-electron chi connectivity index (χ2n) is 11.2. The van der Waals surface area contributed by atoms with Gasteiger partial charge in [-0.2, -0.15) is 0 Å². The Bertz CT molecular complexity index is 629. The number of hydrogen-bond acceptors (Lipinski definition) is 4. The molecule has 1 atom stereocenters. The molecule has 6 nitrogen and oxygen atoms in total. The van der Waals surface area contributed by atoms with Crippen molar-refractivity contribution in [3.05, 3.63) is 0 Å². The van der Waals surface area contributed by atoms with E-state index in [1.807, 2.05) is 13.8 Å². The minimum atomic E-state index is -0.622. The summed E-state index contributed by atoms with van der Waals surface area (Å²) in [6.45, 7) is 9.15. The Hall–Kier alpha value is -1.59. The van der Waals surface area contributed by atoms with E-state index in [-0.39, 0.29) is 29.7 Å². The minimum Gasteiger partial charge on any atom is -0.459 e. The van der Waals surface area contributed by atoms with Crippen LogP contribution in [0.25, 0.3) is 0 Å². The summed E-state index contributed by atoms with van der Waals surface area (Å²) >= 11 is 0. The molecule has 29 heavy (non-hydrogen) atoms. The summed E-state index contributed by atoms with van der Waals surface area (Å²) in [5.74, 6) is 1.35. The third kappa shape index (κ3) is 4.95. The standard InChI is InChI=1S/C23H38N2O4/c1-14(2)19(20(27)25(6)13-18(26)29-22(3,4)5)24-21(28)23-10-15-7-16(11-23)9-17(8-15)12-23/h14-17,19H,7-13H2,1-6H3,(H,24,28)/t15?,16?,17?,19-,23?/m1/s1. The van der Waals surface area contributed by atoms with E-state index in [0.29, 0.717) is 17.8 Å². The van der Waals surface area contributed by atoms with Crippen LogP contribution in [0.3, 0.4) is 0 Å². The molecule has 0 unspecified atom stereocenters. The van der Waals surface area contributed by atoms with Crippen LogP contribution < -0.4 is 5.32 Å². The smallest absolute Gasteiger partial charge is 0.326 e. The van der Waals surface area contributed by atoms with Gasteiger partial charge in [-0.1, -0.05) is 13.8 Å². The molecule has 4 aliphatic carbocycles. The van der Waals surface area contributed by atoms with E-state index in [1.165, 1.54) is 24.2 Å². The van der Waals surface area contributed by atoms with Gasteiger partial charge in [-0.05, 0) is 83.0 Å². The lowest BCUT2D eigenvalue weighted by Crippen LogP contribution is -2.58. The normalized spacial score (nSPS) is 31.5. The molecular weight excluding hydrogens is 368 g/mol. The lowest BCUT2D eigenvalue weighted by Gasteiger charge is -2.56. The number of rotatable bonds is 6. The minimum absolute atomic E-state index is 0.0503. The molecule has 0 spiro atoms. The number of nitrogens with zero attached hydrogens (tertiary/aromatic N) is 1. The van der Waals surface area contributed by atoms with Crippen molar-refractivity contribution in [1.82, 2.24) is 10.2 Å². The van der Waals surface area contributed by atoms with Gasteiger partial charge in [0.05, 0.1) is 0 Å². The molecule has 164 valence electrons. The van der Waals surface area contributed by atoms with E-state index in [0.717, 1.165) is 19.3 Å². The van der Waals surface area contributed by atoms with Crippen LogP contribution in [0.2, 0.25) is 0 Å². The van der Waals surface area contributed by atoms with Gasteiger partial charge in [0.1, 0.15) is 18.2 Å². The number of hydrogen-bond donors (Lipinski definition) is 1. The number of carbonyl (C=O) groups is 3. The van der Waals surface area contributed by atoms with Gasteiger partial charge in [0, 0.05) is 12.5 Å². The van der Waals surface area contributed by atoms with Crippen LogP contribution in [-0.2, 0) is 19.1 Å². The van der Waals surface area contributed by atoms with E-state index in [1.54, 1.807) is 27.8 Å². The van der Waals surface area contributed by atoms with Crippen LogP contribution in [0.15, 0.2) is 0 Å². The predicted molar refractivity (Wildman–Crippen MR) is 111 cm³/mol. The van der Waals surface area contributed by atoms with Crippen molar-refractivity contribution in [3.8, 4) is 0 Å². The maximum Gasteiger partial charge on any atom is 0.326 e. The van der Waals surface area contributed by atoms with Gasteiger partial charge >= 0.3 is 5.97 Å². The molecule has 4 saturated carbocycles. The summed E-state index contributed by atoms with van der Waals surface area (Å²) in [7, 11) is 1.60. The van der Waals surface area contributed by atoms with Crippen molar-refractivity contribution in [1.29, 1.82) is 0 Å². The molecule has 0 saturated heterocycles. The van der Waals surface area contributed by atoms with Gasteiger partial charge in [-0.15, -0.1) is 0 Å². The molecule has 0 aromatic rings. The zero-order valence-corrected chi connectivity index (χ0v) is 18.9. The Labute approximate surface area is 175 Å². The molecule has 4 bridgehead atoms. The number of amides is 2. The maximum absolute atomic E-state index is 13.4. The zero-order chi connectivity index (χ0) is 21.6. The number of likely N-dealkylation sites (N-methyl/N-ethyl adjacent to an activating group) is 1. The highest BCUT2D eigenvalue weighted by atomic mass is 16.6. The van der Waals surface area contributed by atoms with Crippen LogP contribution in [0.1, 0.15) is 73.1 Å². The van der Waals surface area contributed by atoms with E-state index < -0.39 is 17.6 Å². The second kappa shape index (κ2) is 7.92. The molecule has 4 fully saturated rings. The average molecular weight is 407 g/mol. The molecular formula is C23H38N2O4. The first-order chi connectivity index (χ1) is 13.4. The molecule has 0 heterocycles. The monoisotopic (exact) mass is 406 g/mol. The molecule has 4 aliphatic rings. The van der Waals surface area contributed by atoms with Crippen molar-refractivity contribution in [2.45, 2.75) is 84.8 Å². The fourth-order valence-corrected chi connectivity index (χ4v) is 6.08. The van der Waals surface area contributed by atoms with Crippen molar-refractivity contribution in [2.75, 3.05) is 13.6 Å². The van der Waals surface area contributed by atoms with Crippen LogP contribution in [0, 0.1) is 29.1 Å². The predicted octanol–water partition coefficient (Wildman–Crippen LogP) is 3.14. The van der Waals surface area contributed by atoms with Gasteiger partial charge in [0.2, 0.25) is 11.8 Å². The van der Waals surface area contributed by atoms with Crippen LogP contribution in [0.4, 0.5) is 0 Å².